The molecule has 2 aromatic rings. The zero-order valence-electron chi connectivity index (χ0n) is 16.3. The van der Waals surface area contributed by atoms with Crippen LogP contribution in [0.3, 0.4) is 0 Å². The van der Waals surface area contributed by atoms with Crippen LogP contribution in [0.25, 0.3) is 11.0 Å². The first-order valence-corrected chi connectivity index (χ1v) is 11.0. The number of likely N-dealkylation sites (N-methyl/N-ethyl adjacent to an activating group) is 1. The minimum absolute atomic E-state index is 0.0724. The zero-order chi connectivity index (χ0) is 20.3. The maximum absolute atomic E-state index is 13.1. The Morgan fingerprint density at radius 1 is 1.07 bits per heavy atom. The number of carbonyl (C=O) groups excluding carboxylic acids is 1. The molecule has 10 heteroatoms. The van der Waals surface area contributed by atoms with Crippen molar-refractivity contribution >= 4 is 27.0 Å². The molecule has 1 aliphatic heterocycles. The van der Waals surface area contributed by atoms with E-state index >= 15 is 0 Å². The number of benzene rings is 1. The smallest absolute Gasteiger partial charge is 0.323 e. The third-order valence-corrected chi connectivity index (χ3v) is 7.04. The standard InChI is InChI=1S/C18H27N5O4S/c1-3-22(4-2)17(24)13-21-8-5-9-23(11-10-21)28(26,27)14-6-7-15-16(12-14)20-18(25)19-15/h6-7,12H,3-5,8-11,13H2,1-2H3,(H2,19,20,25). The molecular formula is C18H27N5O4S. The van der Waals surface area contributed by atoms with Crippen LogP contribution in [0.4, 0.5) is 0 Å². The summed E-state index contributed by atoms with van der Waals surface area (Å²) in [5.41, 5.74) is 0.668. The third kappa shape index (κ3) is 4.29. The largest absolute Gasteiger partial charge is 0.342 e. The summed E-state index contributed by atoms with van der Waals surface area (Å²) in [6, 6.07) is 4.58. The number of aromatic amines is 2. The molecule has 0 radical (unpaired) electrons. The molecule has 0 bridgehead atoms. The Hall–Kier alpha value is -2.17. The van der Waals surface area contributed by atoms with E-state index in [4.69, 9.17) is 0 Å². The molecule has 28 heavy (non-hydrogen) atoms. The van der Waals surface area contributed by atoms with Gasteiger partial charge in [0.05, 0.1) is 22.5 Å². The van der Waals surface area contributed by atoms with Crippen LogP contribution in [0.15, 0.2) is 27.9 Å². The number of imidazole rings is 1. The number of H-pyrrole nitrogens is 2. The topological polar surface area (TPSA) is 110 Å². The molecule has 0 saturated carbocycles. The highest BCUT2D eigenvalue weighted by Gasteiger charge is 2.28. The van der Waals surface area contributed by atoms with Gasteiger partial charge in [0.2, 0.25) is 15.9 Å². The molecule has 2 N–H and O–H groups in total. The lowest BCUT2D eigenvalue weighted by molar-refractivity contribution is -0.132. The molecular weight excluding hydrogens is 382 g/mol. The van der Waals surface area contributed by atoms with Crippen LogP contribution in [-0.2, 0) is 14.8 Å². The van der Waals surface area contributed by atoms with Gasteiger partial charge >= 0.3 is 5.69 Å². The number of aromatic nitrogens is 2. The van der Waals surface area contributed by atoms with Crippen LogP contribution in [0, 0.1) is 0 Å². The SMILES string of the molecule is CCN(CC)C(=O)CN1CCCN(S(=O)(=O)c2ccc3[nH]c(=O)[nH]c3c2)CC1. The summed E-state index contributed by atoms with van der Waals surface area (Å²) >= 11 is 0. The number of hydrogen-bond donors (Lipinski definition) is 2. The first-order valence-electron chi connectivity index (χ1n) is 9.57. The van der Waals surface area contributed by atoms with Crippen molar-refractivity contribution in [3.8, 4) is 0 Å². The van der Waals surface area contributed by atoms with Gasteiger partial charge in [-0.05, 0) is 45.0 Å². The number of sulfonamides is 1. The quantitative estimate of drug-likeness (QED) is 0.719. The molecule has 2 heterocycles. The van der Waals surface area contributed by atoms with Crippen molar-refractivity contribution in [2.24, 2.45) is 0 Å². The van der Waals surface area contributed by atoms with Gasteiger partial charge in [0.25, 0.3) is 0 Å². The maximum atomic E-state index is 13.1. The Morgan fingerprint density at radius 3 is 2.50 bits per heavy atom. The van der Waals surface area contributed by atoms with Gasteiger partial charge in [0, 0.05) is 32.7 Å². The number of fused-ring (bicyclic) bond motifs is 1. The highest BCUT2D eigenvalue weighted by molar-refractivity contribution is 7.89. The monoisotopic (exact) mass is 409 g/mol. The number of hydrogen-bond acceptors (Lipinski definition) is 5. The van der Waals surface area contributed by atoms with E-state index in [0.717, 1.165) is 0 Å². The third-order valence-electron chi connectivity index (χ3n) is 5.15. The number of amides is 1. The number of nitrogens with one attached hydrogen (secondary N) is 2. The fraction of sp³-hybridized carbons (Fsp3) is 0.556. The summed E-state index contributed by atoms with van der Waals surface area (Å²) in [4.78, 5) is 32.9. The van der Waals surface area contributed by atoms with Crippen molar-refractivity contribution in [3.63, 3.8) is 0 Å². The molecule has 1 aromatic heterocycles. The van der Waals surface area contributed by atoms with Gasteiger partial charge in [0.1, 0.15) is 0 Å². The van der Waals surface area contributed by atoms with E-state index in [9.17, 15) is 18.0 Å². The van der Waals surface area contributed by atoms with Gasteiger partial charge in [-0.1, -0.05) is 0 Å². The van der Waals surface area contributed by atoms with Crippen LogP contribution in [-0.4, -0.2) is 84.2 Å². The number of rotatable bonds is 6. The first kappa shape index (κ1) is 20.6. The molecule has 1 saturated heterocycles. The van der Waals surface area contributed by atoms with Crippen molar-refractivity contribution in [2.45, 2.75) is 25.2 Å². The average molecular weight is 410 g/mol. The zero-order valence-corrected chi connectivity index (χ0v) is 17.1. The molecule has 9 nitrogen and oxygen atoms in total. The number of carbonyl (C=O) groups is 1. The lowest BCUT2D eigenvalue weighted by atomic mass is 10.3. The maximum Gasteiger partial charge on any atom is 0.323 e. The molecule has 1 amide bonds. The molecule has 0 unspecified atom stereocenters. The van der Waals surface area contributed by atoms with Gasteiger partial charge < -0.3 is 14.9 Å². The van der Waals surface area contributed by atoms with Gasteiger partial charge in [-0.2, -0.15) is 4.31 Å². The normalized spacial score (nSPS) is 16.9. The molecule has 3 rings (SSSR count). The molecule has 0 atom stereocenters. The van der Waals surface area contributed by atoms with E-state index in [1.165, 1.54) is 16.4 Å². The van der Waals surface area contributed by atoms with Crippen LogP contribution in [0.5, 0.6) is 0 Å². The lowest BCUT2D eigenvalue weighted by Crippen LogP contribution is -2.42. The first-order chi connectivity index (χ1) is 13.3. The predicted molar refractivity (Wildman–Crippen MR) is 107 cm³/mol. The van der Waals surface area contributed by atoms with Crippen LogP contribution in [0.1, 0.15) is 20.3 Å². The predicted octanol–water partition coefficient (Wildman–Crippen LogP) is 0.421. The van der Waals surface area contributed by atoms with Gasteiger partial charge in [-0.25, -0.2) is 13.2 Å². The van der Waals surface area contributed by atoms with Crippen molar-refractivity contribution in [1.82, 2.24) is 24.1 Å². The summed E-state index contributed by atoms with van der Waals surface area (Å²) in [5, 5.41) is 0. The van der Waals surface area contributed by atoms with Gasteiger partial charge in [-0.15, -0.1) is 0 Å². The molecule has 0 spiro atoms. The highest BCUT2D eigenvalue weighted by Crippen LogP contribution is 2.20. The van der Waals surface area contributed by atoms with E-state index in [0.29, 0.717) is 63.3 Å². The van der Waals surface area contributed by atoms with Gasteiger partial charge in [0.15, 0.2) is 0 Å². The van der Waals surface area contributed by atoms with E-state index < -0.39 is 10.0 Å². The molecule has 154 valence electrons. The summed E-state index contributed by atoms with van der Waals surface area (Å²) in [7, 11) is -3.67. The molecule has 1 aliphatic rings. The van der Waals surface area contributed by atoms with Crippen molar-refractivity contribution in [1.29, 1.82) is 0 Å². The molecule has 0 aliphatic carbocycles. The lowest BCUT2D eigenvalue weighted by Gasteiger charge is -2.25. The van der Waals surface area contributed by atoms with E-state index in [1.54, 1.807) is 11.0 Å². The Labute approximate surface area is 164 Å². The fourth-order valence-electron chi connectivity index (χ4n) is 3.53. The fourth-order valence-corrected chi connectivity index (χ4v) is 5.03. The Balaban J connectivity index is 1.71. The Bertz CT molecular complexity index is 993. The van der Waals surface area contributed by atoms with Crippen molar-refractivity contribution in [3.05, 3.63) is 28.7 Å². The van der Waals surface area contributed by atoms with E-state index in [2.05, 4.69) is 9.97 Å². The van der Waals surface area contributed by atoms with Crippen LogP contribution in [0.2, 0.25) is 0 Å². The average Bonchev–Trinajstić information content (AvgIpc) is 2.87. The minimum atomic E-state index is -3.67. The summed E-state index contributed by atoms with van der Waals surface area (Å²) < 4.78 is 27.6. The van der Waals surface area contributed by atoms with Crippen molar-refractivity contribution in [2.75, 3.05) is 45.8 Å². The van der Waals surface area contributed by atoms with Crippen molar-refractivity contribution < 1.29 is 13.2 Å². The summed E-state index contributed by atoms with van der Waals surface area (Å²) in [6.07, 6.45) is 0.661. The van der Waals surface area contributed by atoms with Crippen LogP contribution >= 0.6 is 0 Å². The second-order valence-electron chi connectivity index (χ2n) is 6.89. The Kier molecular flexibility index (Phi) is 6.21. The minimum Gasteiger partial charge on any atom is -0.342 e. The summed E-state index contributed by atoms with van der Waals surface area (Å²) in [6.45, 7) is 7.49. The molecule has 1 aromatic carbocycles. The number of nitrogens with zero attached hydrogens (tertiary/aromatic N) is 3. The second-order valence-corrected chi connectivity index (χ2v) is 8.82. The van der Waals surface area contributed by atoms with Gasteiger partial charge in [-0.3, -0.25) is 9.69 Å². The van der Waals surface area contributed by atoms with E-state index in [1.807, 2.05) is 18.7 Å². The summed E-state index contributed by atoms with van der Waals surface area (Å²) in [5.74, 6) is 0.0724. The van der Waals surface area contributed by atoms with E-state index in [-0.39, 0.29) is 16.5 Å². The molecule has 1 fully saturated rings. The highest BCUT2D eigenvalue weighted by atomic mass is 32.2. The van der Waals surface area contributed by atoms with Crippen LogP contribution < -0.4 is 5.69 Å². The second kappa shape index (κ2) is 8.46. The Morgan fingerprint density at radius 2 is 1.79 bits per heavy atom.